The molecule has 0 bridgehead atoms. The summed E-state index contributed by atoms with van der Waals surface area (Å²) in [6.07, 6.45) is 4.79. The Kier molecular flexibility index (Phi) is 9.70. The lowest BCUT2D eigenvalue weighted by Crippen LogP contribution is -2.39. The van der Waals surface area contributed by atoms with Crippen molar-refractivity contribution in [1.82, 2.24) is 4.90 Å². The van der Waals surface area contributed by atoms with Crippen molar-refractivity contribution in [2.75, 3.05) is 6.61 Å². The van der Waals surface area contributed by atoms with Crippen molar-refractivity contribution in [3.8, 4) is 5.75 Å². The number of nitrogens with zero attached hydrogens (tertiary/aromatic N) is 1. The van der Waals surface area contributed by atoms with E-state index in [1.54, 1.807) is 0 Å². The van der Waals surface area contributed by atoms with Crippen LogP contribution in [-0.4, -0.2) is 44.7 Å². The summed E-state index contributed by atoms with van der Waals surface area (Å²) in [5, 5.41) is 34.3. The summed E-state index contributed by atoms with van der Waals surface area (Å²) in [6, 6.07) is 7.78. The number of aromatic hydroxyl groups is 1. The number of thiophene rings is 1. The van der Waals surface area contributed by atoms with Gasteiger partial charge in [-0.1, -0.05) is 50.5 Å². The van der Waals surface area contributed by atoms with Crippen molar-refractivity contribution in [1.29, 1.82) is 0 Å². The maximum atomic E-state index is 13.6. The summed E-state index contributed by atoms with van der Waals surface area (Å²) in [6.45, 7) is 10.0. The summed E-state index contributed by atoms with van der Waals surface area (Å²) in [4.78, 5) is 29.3. The number of hydrogen-bond acceptors (Lipinski definition) is 6. The van der Waals surface area contributed by atoms with E-state index in [1.165, 1.54) is 21.8 Å². The molecule has 7 heteroatoms. The second-order valence-electron chi connectivity index (χ2n) is 11.7. The van der Waals surface area contributed by atoms with Crippen molar-refractivity contribution in [3.05, 3.63) is 67.9 Å². The summed E-state index contributed by atoms with van der Waals surface area (Å²) in [5.74, 6) is -1.70. The number of phenols is 1. The predicted molar refractivity (Wildman–Crippen MR) is 160 cm³/mol. The molecule has 0 radical (unpaired) electrons. The molecule has 6 nitrogen and oxygen atoms in total. The van der Waals surface area contributed by atoms with Crippen LogP contribution < -0.4 is 0 Å². The second kappa shape index (κ2) is 12.8. The lowest BCUT2D eigenvalue weighted by Gasteiger charge is -2.38. The number of rotatable bonds is 11. The van der Waals surface area contributed by atoms with E-state index in [9.17, 15) is 24.9 Å². The normalized spacial score (nSPS) is 22.4. The fraction of sp³-hybridized carbons (Fsp3) is 0.515. The van der Waals surface area contributed by atoms with Crippen LogP contribution in [0.3, 0.4) is 0 Å². The fourth-order valence-electron chi connectivity index (χ4n) is 6.60. The number of amides is 2. The molecule has 0 unspecified atom stereocenters. The predicted octanol–water partition coefficient (Wildman–Crippen LogP) is 6.16. The number of aliphatic hydroxyl groups is 2. The number of likely N-dealkylation sites (tertiary alicyclic amines) is 1. The van der Waals surface area contributed by atoms with Gasteiger partial charge in [-0.3, -0.25) is 14.5 Å². The number of aryl methyl sites for hydroxylation is 2. The number of phenolic OH excluding ortho intramolecular Hbond substituents is 1. The summed E-state index contributed by atoms with van der Waals surface area (Å²) >= 11 is 1.52. The first-order valence-corrected chi connectivity index (χ1v) is 15.3. The highest BCUT2D eigenvalue weighted by Crippen LogP contribution is 2.48. The zero-order valence-electron chi connectivity index (χ0n) is 24.3. The van der Waals surface area contributed by atoms with Crippen LogP contribution in [0, 0.1) is 37.5 Å². The van der Waals surface area contributed by atoms with E-state index in [4.69, 9.17) is 0 Å². The standard InChI is InChI=1S/C33H43NO5S/c1-6-8-22(15-23-13-20(4)31(37)21(5)14-23)10-11-28(36)29-25(19(2)3)16-26-30(27(29)18-35)33(39)34(32(26)38)17-24-9-7-12-40-24/h7,9,12-15,19,26-28,30,35-37H,6,8,10-11,16-18H2,1-5H3/b22-15+/t26-,27+,28-,30-/m1/s1. The number of imide groups is 1. The van der Waals surface area contributed by atoms with Gasteiger partial charge in [0.25, 0.3) is 0 Å². The summed E-state index contributed by atoms with van der Waals surface area (Å²) < 4.78 is 0. The molecule has 1 aliphatic heterocycles. The van der Waals surface area contributed by atoms with Gasteiger partial charge in [-0.25, -0.2) is 0 Å². The lowest BCUT2D eigenvalue weighted by molar-refractivity contribution is -0.140. The van der Waals surface area contributed by atoms with Crippen molar-refractivity contribution < 1.29 is 24.9 Å². The van der Waals surface area contributed by atoms with Gasteiger partial charge in [0.15, 0.2) is 0 Å². The van der Waals surface area contributed by atoms with Crippen LogP contribution >= 0.6 is 11.3 Å². The van der Waals surface area contributed by atoms with E-state index < -0.39 is 23.9 Å². The lowest BCUT2D eigenvalue weighted by atomic mass is 9.66. The molecule has 4 atom stereocenters. The number of benzene rings is 1. The number of carbonyl (C=O) groups is 2. The van der Waals surface area contributed by atoms with Crippen LogP contribution in [0.15, 0.2) is 46.4 Å². The van der Waals surface area contributed by atoms with Crippen LogP contribution in [0.5, 0.6) is 5.75 Å². The minimum Gasteiger partial charge on any atom is -0.507 e. The first-order valence-electron chi connectivity index (χ1n) is 14.5. The second-order valence-corrected chi connectivity index (χ2v) is 12.7. The quantitative estimate of drug-likeness (QED) is 0.224. The third kappa shape index (κ3) is 6.12. The molecule has 0 saturated carbocycles. The minimum atomic E-state index is -0.812. The van der Waals surface area contributed by atoms with Crippen molar-refractivity contribution in [2.24, 2.45) is 23.7 Å². The van der Waals surface area contributed by atoms with Gasteiger partial charge < -0.3 is 15.3 Å². The number of carbonyl (C=O) groups excluding carboxylic acids is 2. The molecular formula is C33H43NO5S. The van der Waals surface area contributed by atoms with Crippen molar-refractivity contribution in [3.63, 3.8) is 0 Å². The Morgan fingerprint density at radius 3 is 2.42 bits per heavy atom. The Labute approximate surface area is 242 Å². The first-order chi connectivity index (χ1) is 19.1. The van der Waals surface area contributed by atoms with E-state index in [1.807, 2.05) is 43.5 Å². The van der Waals surface area contributed by atoms with Crippen molar-refractivity contribution in [2.45, 2.75) is 79.4 Å². The Morgan fingerprint density at radius 2 is 1.85 bits per heavy atom. The van der Waals surface area contributed by atoms with E-state index in [0.717, 1.165) is 45.6 Å². The maximum absolute atomic E-state index is 13.6. The highest BCUT2D eigenvalue weighted by atomic mass is 32.1. The zero-order chi connectivity index (χ0) is 29.1. The van der Waals surface area contributed by atoms with Gasteiger partial charge in [0.1, 0.15) is 5.75 Å². The smallest absolute Gasteiger partial charge is 0.234 e. The van der Waals surface area contributed by atoms with Crippen LogP contribution in [-0.2, 0) is 16.1 Å². The van der Waals surface area contributed by atoms with Gasteiger partial charge in [0.2, 0.25) is 11.8 Å². The van der Waals surface area contributed by atoms with Gasteiger partial charge in [-0.2, -0.15) is 0 Å². The Bertz CT molecular complexity index is 1270. The number of fused-ring (bicyclic) bond motifs is 1. The van der Waals surface area contributed by atoms with Gasteiger partial charge >= 0.3 is 0 Å². The molecule has 0 spiro atoms. The molecule has 4 rings (SSSR count). The van der Waals surface area contributed by atoms with Gasteiger partial charge in [0, 0.05) is 10.8 Å². The fourth-order valence-corrected chi connectivity index (χ4v) is 7.29. The molecule has 2 aromatic rings. The van der Waals surface area contributed by atoms with Crippen LogP contribution in [0.25, 0.3) is 6.08 Å². The molecule has 2 aliphatic rings. The van der Waals surface area contributed by atoms with Crippen LogP contribution in [0.4, 0.5) is 0 Å². The van der Waals surface area contributed by atoms with E-state index >= 15 is 0 Å². The van der Waals surface area contributed by atoms with E-state index in [-0.39, 0.29) is 30.9 Å². The van der Waals surface area contributed by atoms with Gasteiger partial charge in [-0.15, -0.1) is 11.3 Å². The third-order valence-corrected chi connectivity index (χ3v) is 9.41. The minimum absolute atomic E-state index is 0.0856. The highest BCUT2D eigenvalue weighted by molar-refractivity contribution is 7.09. The SMILES string of the molecule is CCC/C(=C\c1cc(C)c(O)c(C)c1)CC[C@@H](O)C1=C(C(C)C)C[C@H]2C(=O)N(Cc3cccs3)C(=O)[C@H]2[C@H]1CO. The average Bonchev–Trinajstić information content (AvgIpc) is 3.52. The van der Waals surface area contributed by atoms with Gasteiger partial charge in [-0.05, 0) is 91.3 Å². The Morgan fingerprint density at radius 1 is 1.15 bits per heavy atom. The van der Waals surface area contributed by atoms with Crippen molar-refractivity contribution >= 4 is 29.2 Å². The number of aliphatic hydroxyl groups excluding tert-OH is 2. The van der Waals surface area contributed by atoms with Gasteiger partial charge in [0.05, 0.1) is 31.1 Å². The van der Waals surface area contributed by atoms with Crippen LogP contribution in [0.1, 0.15) is 74.4 Å². The molecule has 1 fully saturated rings. The molecule has 1 aromatic heterocycles. The largest absolute Gasteiger partial charge is 0.507 e. The monoisotopic (exact) mass is 565 g/mol. The molecular weight excluding hydrogens is 522 g/mol. The number of allylic oxidation sites excluding steroid dienone is 2. The first kappa shape index (κ1) is 30.2. The Hall–Kier alpha value is -2.74. The molecule has 2 heterocycles. The topological polar surface area (TPSA) is 98.1 Å². The molecule has 3 N–H and O–H groups in total. The maximum Gasteiger partial charge on any atom is 0.234 e. The molecule has 40 heavy (non-hydrogen) atoms. The zero-order valence-corrected chi connectivity index (χ0v) is 25.1. The molecule has 1 aromatic carbocycles. The molecule has 1 aliphatic carbocycles. The highest BCUT2D eigenvalue weighted by Gasteiger charge is 2.55. The third-order valence-electron chi connectivity index (χ3n) is 8.55. The van der Waals surface area contributed by atoms with E-state index in [0.29, 0.717) is 25.0 Å². The summed E-state index contributed by atoms with van der Waals surface area (Å²) in [7, 11) is 0. The molecule has 1 saturated heterocycles. The Balaban J connectivity index is 1.59. The number of hydrogen-bond donors (Lipinski definition) is 3. The summed E-state index contributed by atoms with van der Waals surface area (Å²) in [5.41, 5.74) is 5.66. The molecule has 216 valence electrons. The average molecular weight is 566 g/mol. The van der Waals surface area contributed by atoms with E-state index in [2.05, 4.69) is 26.8 Å². The molecule has 2 amide bonds. The van der Waals surface area contributed by atoms with Crippen LogP contribution in [0.2, 0.25) is 0 Å².